The standard InChI is InChI=1S/C12H14ClN3OS/c1-7-12(17)15-4-5-16(7)10-6-8(13)2-3-9(10)11(14)18/h2-3,6-7H,4-5H2,1H3,(H2,14,18)(H,15,17). The minimum atomic E-state index is -0.259. The van der Waals surface area contributed by atoms with Crippen molar-refractivity contribution in [3.8, 4) is 0 Å². The number of nitrogens with two attached hydrogens (primary N) is 1. The van der Waals surface area contributed by atoms with Crippen molar-refractivity contribution in [1.82, 2.24) is 5.32 Å². The van der Waals surface area contributed by atoms with Gasteiger partial charge in [0.15, 0.2) is 0 Å². The van der Waals surface area contributed by atoms with E-state index in [0.29, 0.717) is 23.1 Å². The second-order valence-corrected chi connectivity index (χ2v) is 5.06. The van der Waals surface area contributed by atoms with Crippen LogP contribution in [0.1, 0.15) is 12.5 Å². The second-order valence-electron chi connectivity index (χ2n) is 4.19. The van der Waals surface area contributed by atoms with E-state index in [4.69, 9.17) is 29.6 Å². The van der Waals surface area contributed by atoms with E-state index in [0.717, 1.165) is 11.3 Å². The molecule has 0 bridgehead atoms. The van der Waals surface area contributed by atoms with Crippen LogP contribution in [-0.4, -0.2) is 30.0 Å². The fourth-order valence-electron chi connectivity index (χ4n) is 2.06. The molecule has 0 aromatic heterocycles. The van der Waals surface area contributed by atoms with Crippen LogP contribution in [0.3, 0.4) is 0 Å². The normalized spacial score (nSPS) is 19.6. The predicted octanol–water partition coefficient (Wildman–Crippen LogP) is 1.30. The molecule has 18 heavy (non-hydrogen) atoms. The van der Waals surface area contributed by atoms with Crippen LogP contribution in [0.5, 0.6) is 0 Å². The summed E-state index contributed by atoms with van der Waals surface area (Å²) in [6, 6.07) is 5.07. The van der Waals surface area contributed by atoms with Gasteiger partial charge in [0.05, 0.1) is 0 Å². The number of amides is 1. The van der Waals surface area contributed by atoms with Crippen molar-refractivity contribution in [2.75, 3.05) is 18.0 Å². The molecule has 0 spiro atoms. The molecule has 1 aromatic carbocycles. The van der Waals surface area contributed by atoms with Crippen LogP contribution in [0.2, 0.25) is 5.02 Å². The van der Waals surface area contributed by atoms with Gasteiger partial charge in [-0.25, -0.2) is 0 Å². The SMILES string of the molecule is CC1C(=O)NCCN1c1cc(Cl)ccc1C(N)=S. The highest BCUT2D eigenvalue weighted by atomic mass is 35.5. The monoisotopic (exact) mass is 283 g/mol. The molecule has 0 saturated carbocycles. The van der Waals surface area contributed by atoms with Crippen molar-refractivity contribution in [1.29, 1.82) is 0 Å². The molecule has 0 radical (unpaired) electrons. The molecule has 1 unspecified atom stereocenters. The lowest BCUT2D eigenvalue weighted by Crippen LogP contribution is -2.54. The van der Waals surface area contributed by atoms with Crippen LogP contribution >= 0.6 is 23.8 Å². The van der Waals surface area contributed by atoms with Crippen molar-refractivity contribution in [3.05, 3.63) is 28.8 Å². The van der Waals surface area contributed by atoms with Gasteiger partial charge in [-0.1, -0.05) is 23.8 Å². The average Bonchev–Trinajstić information content (AvgIpc) is 2.32. The smallest absolute Gasteiger partial charge is 0.242 e. The van der Waals surface area contributed by atoms with E-state index in [9.17, 15) is 4.79 Å². The zero-order valence-electron chi connectivity index (χ0n) is 9.94. The first-order valence-electron chi connectivity index (χ1n) is 5.64. The van der Waals surface area contributed by atoms with E-state index in [1.54, 1.807) is 18.2 Å². The molecule has 4 nitrogen and oxygen atoms in total. The number of rotatable bonds is 2. The number of nitrogens with zero attached hydrogens (tertiary/aromatic N) is 1. The first kappa shape index (κ1) is 13.1. The molecule has 3 N–H and O–H groups in total. The van der Waals surface area contributed by atoms with Gasteiger partial charge < -0.3 is 16.0 Å². The van der Waals surface area contributed by atoms with E-state index in [-0.39, 0.29) is 11.9 Å². The summed E-state index contributed by atoms with van der Waals surface area (Å²) in [4.78, 5) is 14.0. The molecule has 1 heterocycles. The lowest BCUT2D eigenvalue weighted by molar-refractivity contribution is -0.122. The van der Waals surface area contributed by atoms with Crippen molar-refractivity contribution < 1.29 is 4.79 Å². The topological polar surface area (TPSA) is 58.4 Å². The van der Waals surface area contributed by atoms with Gasteiger partial charge in [0.25, 0.3) is 0 Å². The van der Waals surface area contributed by atoms with Crippen LogP contribution in [0.4, 0.5) is 5.69 Å². The van der Waals surface area contributed by atoms with E-state index in [1.165, 1.54) is 0 Å². The molecule has 2 rings (SSSR count). The van der Waals surface area contributed by atoms with Crippen LogP contribution < -0.4 is 16.0 Å². The quantitative estimate of drug-likeness (QED) is 0.804. The summed E-state index contributed by atoms with van der Waals surface area (Å²) in [5.74, 6) is -0.00452. The van der Waals surface area contributed by atoms with Gasteiger partial charge >= 0.3 is 0 Å². The van der Waals surface area contributed by atoms with Crippen molar-refractivity contribution >= 4 is 40.4 Å². The van der Waals surface area contributed by atoms with E-state index in [2.05, 4.69) is 5.32 Å². The number of hydrogen-bond acceptors (Lipinski definition) is 3. The van der Waals surface area contributed by atoms with Gasteiger partial charge in [-0.2, -0.15) is 0 Å². The number of benzene rings is 1. The lowest BCUT2D eigenvalue weighted by Gasteiger charge is -2.35. The second kappa shape index (κ2) is 5.12. The molecule has 96 valence electrons. The Hall–Kier alpha value is -1.33. The fourth-order valence-corrected chi connectivity index (χ4v) is 2.40. The third-order valence-corrected chi connectivity index (χ3v) is 3.49. The zero-order chi connectivity index (χ0) is 13.3. The third kappa shape index (κ3) is 2.42. The predicted molar refractivity (Wildman–Crippen MR) is 77.2 cm³/mol. The molecular formula is C12H14ClN3OS. The van der Waals surface area contributed by atoms with Crippen LogP contribution in [-0.2, 0) is 4.79 Å². The number of carbonyl (C=O) groups is 1. The van der Waals surface area contributed by atoms with Gasteiger partial charge in [0.1, 0.15) is 11.0 Å². The van der Waals surface area contributed by atoms with Gasteiger partial charge in [0, 0.05) is 29.4 Å². The number of hydrogen-bond donors (Lipinski definition) is 2. The number of anilines is 1. The molecule has 1 saturated heterocycles. The van der Waals surface area contributed by atoms with Crippen LogP contribution in [0.25, 0.3) is 0 Å². The number of carbonyl (C=O) groups excluding carboxylic acids is 1. The van der Waals surface area contributed by atoms with E-state index < -0.39 is 0 Å². The van der Waals surface area contributed by atoms with E-state index >= 15 is 0 Å². The Morgan fingerprint density at radius 2 is 2.33 bits per heavy atom. The average molecular weight is 284 g/mol. The summed E-state index contributed by atoms with van der Waals surface area (Å²) in [7, 11) is 0. The molecule has 1 atom stereocenters. The van der Waals surface area contributed by atoms with Gasteiger partial charge in [-0.3, -0.25) is 4.79 Å². The summed E-state index contributed by atoms with van der Waals surface area (Å²) in [6.45, 7) is 3.16. The molecule has 1 amide bonds. The van der Waals surface area contributed by atoms with E-state index in [1.807, 2.05) is 11.8 Å². The number of piperazine rings is 1. The Morgan fingerprint density at radius 3 is 3.00 bits per heavy atom. The molecule has 6 heteroatoms. The number of nitrogens with one attached hydrogen (secondary N) is 1. The summed E-state index contributed by atoms with van der Waals surface area (Å²) in [6.07, 6.45) is 0. The van der Waals surface area contributed by atoms with Crippen LogP contribution in [0, 0.1) is 0 Å². The van der Waals surface area contributed by atoms with Crippen LogP contribution in [0.15, 0.2) is 18.2 Å². The van der Waals surface area contributed by atoms with Gasteiger partial charge in [0.2, 0.25) is 5.91 Å². The summed E-state index contributed by atoms with van der Waals surface area (Å²) in [5.41, 5.74) is 7.28. The highest BCUT2D eigenvalue weighted by molar-refractivity contribution is 7.80. The Kier molecular flexibility index (Phi) is 3.73. The van der Waals surface area contributed by atoms with Crippen molar-refractivity contribution in [3.63, 3.8) is 0 Å². The largest absolute Gasteiger partial charge is 0.389 e. The Labute approximate surface area is 116 Å². The maximum Gasteiger partial charge on any atom is 0.242 e. The first-order valence-corrected chi connectivity index (χ1v) is 6.43. The molecular weight excluding hydrogens is 270 g/mol. The van der Waals surface area contributed by atoms with Gasteiger partial charge in [-0.05, 0) is 25.1 Å². The number of halogens is 1. The summed E-state index contributed by atoms with van der Waals surface area (Å²) in [5, 5.41) is 3.42. The third-order valence-electron chi connectivity index (χ3n) is 3.03. The van der Waals surface area contributed by atoms with Crippen molar-refractivity contribution in [2.24, 2.45) is 5.73 Å². The van der Waals surface area contributed by atoms with Crippen molar-refractivity contribution in [2.45, 2.75) is 13.0 Å². The Bertz CT molecular complexity index is 506. The fraction of sp³-hybridized carbons (Fsp3) is 0.333. The summed E-state index contributed by atoms with van der Waals surface area (Å²) < 4.78 is 0. The Balaban J connectivity index is 2.45. The van der Waals surface area contributed by atoms with Gasteiger partial charge in [-0.15, -0.1) is 0 Å². The highest BCUT2D eigenvalue weighted by Gasteiger charge is 2.27. The first-order chi connectivity index (χ1) is 8.50. The highest BCUT2D eigenvalue weighted by Crippen LogP contribution is 2.27. The number of thiocarbonyl (C=S) groups is 1. The molecule has 1 fully saturated rings. The lowest BCUT2D eigenvalue weighted by atomic mass is 10.1. The minimum absolute atomic E-state index is 0.00452. The maximum atomic E-state index is 11.7. The maximum absolute atomic E-state index is 11.7. The molecule has 1 aliphatic heterocycles. The Morgan fingerprint density at radius 1 is 1.61 bits per heavy atom. The molecule has 1 aromatic rings. The molecule has 1 aliphatic rings. The molecule has 0 aliphatic carbocycles. The zero-order valence-corrected chi connectivity index (χ0v) is 11.5. The summed E-state index contributed by atoms with van der Waals surface area (Å²) >= 11 is 11.1. The minimum Gasteiger partial charge on any atom is -0.389 e.